The van der Waals surface area contributed by atoms with Gasteiger partial charge < -0.3 is 14.2 Å². The normalized spacial score (nSPS) is 10.7. The van der Waals surface area contributed by atoms with Crippen LogP contribution >= 0.6 is 0 Å². The van der Waals surface area contributed by atoms with Crippen LogP contribution in [0.2, 0.25) is 0 Å². The predicted molar refractivity (Wildman–Crippen MR) is 109 cm³/mol. The summed E-state index contributed by atoms with van der Waals surface area (Å²) in [4.78, 5) is 29.4. The van der Waals surface area contributed by atoms with Crippen LogP contribution in [0.1, 0.15) is 29.9 Å². The fourth-order valence-electron chi connectivity index (χ4n) is 3.07. The minimum Gasteiger partial charge on any atom is -0.462 e. The van der Waals surface area contributed by atoms with Crippen molar-refractivity contribution < 1.29 is 23.8 Å². The molecule has 2 aromatic carbocycles. The van der Waals surface area contributed by atoms with Crippen LogP contribution in [0.3, 0.4) is 0 Å². The van der Waals surface area contributed by atoms with Crippen molar-refractivity contribution in [3.8, 4) is 11.1 Å². The van der Waals surface area contributed by atoms with Gasteiger partial charge in [-0.3, -0.25) is 0 Å². The second-order valence-electron chi connectivity index (χ2n) is 6.21. The van der Waals surface area contributed by atoms with Gasteiger partial charge in [-0.2, -0.15) is 0 Å². The highest BCUT2D eigenvalue weighted by molar-refractivity contribution is 6.07. The van der Waals surface area contributed by atoms with Gasteiger partial charge in [-0.05, 0) is 25.5 Å². The summed E-state index contributed by atoms with van der Waals surface area (Å²) in [6.07, 6.45) is 0. The fourth-order valence-corrected chi connectivity index (χ4v) is 3.07. The second kappa shape index (κ2) is 9.80. The molecule has 0 bridgehead atoms. The molecule has 3 aromatic rings. The summed E-state index contributed by atoms with van der Waals surface area (Å²) in [5, 5.41) is 0.825. The van der Waals surface area contributed by atoms with Crippen LogP contribution in [-0.2, 0) is 25.6 Å². The Hall–Kier alpha value is -3.25. The highest BCUT2D eigenvalue weighted by Crippen LogP contribution is 2.34. The van der Waals surface area contributed by atoms with E-state index in [4.69, 9.17) is 14.2 Å². The molecule has 0 unspecified atom stereocenters. The number of hydrogen-bond donors (Lipinski definition) is 0. The molecule has 0 amide bonds. The van der Waals surface area contributed by atoms with Crippen LogP contribution in [0, 0.1) is 0 Å². The molecule has 6 nitrogen and oxygen atoms in total. The first-order valence-electron chi connectivity index (χ1n) is 9.53. The SMILES string of the molecule is CCOCC(=O)OCc1nc2ccccc2c(-c2ccccc2)c1C(=O)OCC. The molecule has 150 valence electrons. The lowest BCUT2D eigenvalue weighted by atomic mass is 9.94. The van der Waals surface area contributed by atoms with Crippen molar-refractivity contribution in [1.29, 1.82) is 0 Å². The van der Waals surface area contributed by atoms with Gasteiger partial charge in [0.05, 0.1) is 23.4 Å². The lowest BCUT2D eigenvalue weighted by Gasteiger charge is -2.16. The number of fused-ring (bicyclic) bond motifs is 1. The number of carbonyl (C=O) groups is 2. The maximum absolute atomic E-state index is 12.9. The monoisotopic (exact) mass is 393 g/mol. The summed E-state index contributed by atoms with van der Waals surface area (Å²) in [5.41, 5.74) is 2.93. The smallest absolute Gasteiger partial charge is 0.340 e. The number of nitrogens with zero attached hydrogens (tertiary/aromatic N) is 1. The summed E-state index contributed by atoms with van der Waals surface area (Å²) in [5.74, 6) is -1.02. The molecule has 1 aromatic heterocycles. The second-order valence-corrected chi connectivity index (χ2v) is 6.21. The standard InChI is InChI=1S/C23H23NO5/c1-3-27-15-20(25)29-14-19-22(23(26)28-4-2)21(16-10-6-5-7-11-16)17-12-8-9-13-18(17)24-19/h5-13H,3-4,14-15H2,1-2H3. The van der Waals surface area contributed by atoms with Crippen molar-refractivity contribution in [1.82, 2.24) is 4.98 Å². The van der Waals surface area contributed by atoms with Crippen molar-refractivity contribution in [2.75, 3.05) is 19.8 Å². The van der Waals surface area contributed by atoms with E-state index >= 15 is 0 Å². The number of carbonyl (C=O) groups excluding carboxylic acids is 2. The Morgan fingerprint density at radius 1 is 0.897 bits per heavy atom. The third-order valence-electron chi connectivity index (χ3n) is 4.30. The van der Waals surface area contributed by atoms with E-state index in [9.17, 15) is 9.59 Å². The quantitative estimate of drug-likeness (QED) is 0.535. The lowest BCUT2D eigenvalue weighted by molar-refractivity contribution is -0.150. The zero-order valence-electron chi connectivity index (χ0n) is 16.5. The van der Waals surface area contributed by atoms with Crippen molar-refractivity contribution in [2.24, 2.45) is 0 Å². The first-order valence-corrected chi connectivity index (χ1v) is 9.53. The van der Waals surface area contributed by atoms with Crippen LogP contribution in [0.25, 0.3) is 22.0 Å². The van der Waals surface area contributed by atoms with E-state index in [2.05, 4.69) is 4.98 Å². The minimum absolute atomic E-state index is 0.148. The van der Waals surface area contributed by atoms with Gasteiger partial charge in [-0.15, -0.1) is 0 Å². The molecule has 6 heteroatoms. The Bertz CT molecular complexity index is 1000. The van der Waals surface area contributed by atoms with Crippen molar-refractivity contribution in [3.63, 3.8) is 0 Å². The van der Waals surface area contributed by atoms with Crippen molar-refractivity contribution in [2.45, 2.75) is 20.5 Å². The Morgan fingerprint density at radius 2 is 1.62 bits per heavy atom. The number of aromatic nitrogens is 1. The molecule has 0 aliphatic carbocycles. The number of rotatable bonds is 8. The zero-order valence-corrected chi connectivity index (χ0v) is 16.5. The topological polar surface area (TPSA) is 74.7 Å². The molecule has 0 N–H and O–H groups in total. The Morgan fingerprint density at radius 3 is 2.34 bits per heavy atom. The van der Waals surface area contributed by atoms with Crippen LogP contribution < -0.4 is 0 Å². The summed E-state index contributed by atoms with van der Waals surface area (Å²) in [7, 11) is 0. The van der Waals surface area contributed by atoms with Crippen LogP contribution in [0.4, 0.5) is 0 Å². The number of ether oxygens (including phenoxy) is 3. The Kier molecular flexibility index (Phi) is 6.92. The zero-order chi connectivity index (χ0) is 20.6. The Labute approximate surface area is 169 Å². The van der Waals surface area contributed by atoms with E-state index in [0.29, 0.717) is 28.9 Å². The summed E-state index contributed by atoms with van der Waals surface area (Å²) in [6, 6.07) is 17.1. The van der Waals surface area contributed by atoms with E-state index in [1.54, 1.807) is 13.8 Å². The van der Waals surface area contributed by atoms with Gasteiger partial charge in [-0.25, -0.2) is 14.6 Å². The average molecular weight is 393 g/mol. The number of esters is 2. The molecule has 29 heavy (non-hydrogen) atoms. The van der Waals surface area contributed by atoms with Gasteiger partial charge in [-0.1, -0.05) is 48.5 Å². The molecule has 0 aliphatic rings. The fraction of sp³-hybridized carbons (Fsp3) is 0.261. The summed E-state index contributed by atoms with van der Waals surface area (Å²) >= 11 is 0. The predicted octanol–water partition coefficient (Wildman–Crippen LogP) is 4.16. The Balaban J connectivity index is 2.15. The number of pyridine rings is 1. The molecule has 0 radical (unpaired) electrons. The molecule has 0 saturated carbocycles. The van der Waals surface area contributed by atoms with Crippen LogP contribution in [0.5, 0.6) is 0 Å². The number of hydrogen-bond acceptors (Lipinski definition) is 6. The van der Waals surface area contributed by atoms with E-state index in [0.717, 1.165) is 10.9 Å². The van der Waals surface area contributed by atoms with Crippen molar-refractivity contribution in [3.05, 3.63) is 65.9 Å². The van der Waals surface area contributed by atoms with Gasteiger partial charge in [0, 0.05) is 17.6 Å². The van der Waals surface area contributed by atoms with E-state index in [1.165, 1.54) is 0 Å². The molecule has 0 atom stereocenters. The lowest BCUT2D eigenvalue weighted by Crippen LogP contribution is -2.17. The highest BCUT2D eigenvalue weighted by Gasteiger charge is 2.24. The van der Waals surface area contributed by atoms with Crippen LogP contribution in [-0.4, -0.2) is 36.7 Å². The van der Waals surface area contributed by atoms with Gasteiger partial charge in [0.1, 0.15) is 13.2 Å². The van der Waals surface area contributed by atoms with Crippen molar-refractivity contribution >= 4 is 22.8 Å². The number of benzene rings is 2. The average Bonchev–Trinajstić information content (AvgIpc) is 2.75. The largest absolute Gasteiger partial charge is 0.462 e. The molecular formula is C23H23NO5. The summed E-state index contributed by atoms with van der Waals surface area (Å²) in [6.45, 7) is 3.88. The van der Waals surface area contributed by atoms with E-state index in [1.807, 2.05) is 54.6 Å². The molecule has 0 spiro atoms. The molecule has 3 rings (SSSR count). The van der Waals surface area contributed by atoms with Gasteiger partial charge in [0.25, 0.3) is 0 Å². The first-order chi connectivity index (χ1) is 14.2. The van der Waals surface area contributed by atoms with E-state index < -0.39 is 11.9 Å². The third kappa shape index (κ3) is 4.78. The van der Waals surface area contributed by atoms with Gasteiger partial charge in [0.15, 0.2) is 0 Å². The third-order valence-corrected chi connectivity index (χ3v) is 4.30. The first kappa shape index (κ1) is 20.5. The summed E-state index contributed by atoms with van der Waals surface area (Å²) < 4.78 is 15.7. The van der Waals surface area contributed by atoms with Gasteiger partial charge >= 0.3 is 11.9 Å². The van der Waals surface area contributed by atoms with Gasteiger partial charge in [0.2, 0.25) is 0 Å². The molecule has 1 heterocycles. The maximum Gasteiger partial charge on any atom is 0.340 e. The van der Waals surface area contributed by atoms with E-state index in [-0.39, 0.29) is 19.8 Å². The molecule has 0 aliphatic heterocycles. The minimum atomic E-state index is -0.516. The molecule has 0 fully saturated rings. The maximum atomic E-state index is 12.9. The number of para-hydroxylation sites is 1. The molecular weight excluding hydrogens is 370 g/mol. The van der Waals surface area contributed by atoms with Crippen LogP contribution in [0.15, 0.2) is 54.6 Å². The molecule has 0 saturated heterocycles. The highest BCUT2D eigenvalue weighted by atomic mass is 16.6.